The maximum Gasteiger partial charge on any atom is 0.343 e. The van der Waals surface area contributed by atoms with E-state index in [4.69, 9.17) is 18.9 Å². The fourth-order valence-corrected chi connectivity index (χ4v) is 3.88. The number of esters is 2. The van der Waals surface area contributed by atoms with Gasteiger partial charge in [0, 0.05) is 6.08 Å². The lowest BCUT2D eigenvalue weighted by Gasteiger charge is -2.11. The molecule has 2 aromatic rings. The van der Waals surface area contributed by atoms with Crippen molar-refractivity contribution in [1.82, 2.24) is 0 Å². The van der Waals surface area contributed by atoms with Gasteiger partial charge in [-0.15, -0.1) is 0 Å². The number of carbonyl (C=O) groups excluding carboxylic acids is 2. The third kappa shape index (κ3) is 13.3. The van der Waals surface area contributed by atoms with Crippen LogP contribution in [0.3, 0.4) is 0 Å². The summed E-state index contributed by atoms with van der Waals surface area (Å²) in [4.78, 5) is 23.6. The van der Waals surface area contributed by atoms with Gasteiger partial charge < -0.3 is 18.9 Å². The number of hydrogen-bond donors (Lipinski definition) is 0. The Morgan fingerprint density at radius 2 is 1.24 bits per heavy atom. The van der Waals surface area contributed by atoms with Gasteiger partial charge in [-0.2, -0.15) is 0 Å². The molecule has 0 N–H and O–H groups in total. The summed E-state index contributed by atoms with van der Waals surface area (Å²) >= 11 is 0. The lowest BCUT2D eigenvalue weighted by molar-refractivity contribution is -0.142. The topological polar surface area (TPSA) is 71.1 Å². The summed E-state index contributed by atoms with van der Waals surface area (Å²) in [5.41, 5.74) is 0.479. The van der Waals surface area contributed by atoms with Gasteiger partial charge in [0.05, 0.1) is 24.9 Å². The fourth-order valence-electron chi connectivity index (χ4n) is 3.88. The molecule has 38 heavy (non-hydrogen) atoms. The van der Waals surface area contributed by atoms with Crippen LogP contribution in [0.1, 0.15) is 94.8 Å². The molecule has 6 nitrogen and oxygen atoms in total. The molecule has 0 saturated heterocycles. The summed E-state index contributed by atoms with van der Waals surface area (Å²) in [6.07, 6.45) is 13.5. The van der Waals surface area contributed by atoms with Gasteiger partial charge in [0.2, 0.25) is 0 Å². The fraction of sp³-hybridized carbons (Fsp3) is 0.500. The molecule has 6 heteroatoms. The lowest BCUT2D eigenvalue weighted by Crippen LogP contribution is -2.12. The average molecular weight is 525 g/mol. The van der Waals surface area contributed by atoms with Crippen molar-refractivity contribution in [3.05, 3.63) is 66.7 Å². The van der Waals surface area contributed by atoms with Crippen LogP contribution in [0.25, 0.3) is 0 Å². The molecule has 0 aromatic heterocycles. The van der Waals surface area contributed by atoms with Crippen LogP contribution in [-0.4, -0.2) is 31.3 Å². The molecule has 0 bridgehead atoms. The first-order chi connectivity index (χ1) is 18.5. The Balaban J connectivity index is 1.52. The summed E-state index contributed by atoms with van der Waals surface area (Å²) in [5, 5.41) is 0. The van der Waals surface area contributed by atoms with E-state index in [0.29, 0.717) is 24.5 Å². The van der Waals surface area contributed by atoms with Gasteiger partial charge in [-0.25, -0.2) is 9.59 Å². The quantitative estimate of drug-likeness (QED) is 0.0754. The Morgan fingerprint density at radius 3 is 1.82 bits per heavy atom. The van der Waals surface area contributed by atoms with Crippen molar-refractivity contribution in [2.75, 3.05) is 13.2 Å². The molecule has 0 spiro atoms. The number of hydrogen-bond acceptors (Lipinski definition) is 6. The van der Waals surface area contributed by atoms with E-state index in [1.54, 1.807) is 36.4 Å². The van der Waals surface area contributed by atoms with E-state index < -0.39 is 5.97 Å². The second-order valence-electron chi connectivity index (χ2n) is 9.50. The number of rotatable bonds is 20. The predicted octanol–water partition coefficient (Wildman–Crippen LogP) is 8.09. The van der Waals surface area contributed by atoms with E-state index in [-0.39, 0.29) is 12.1 Å². The molecule has 2 aromatic carbocycles. The first-order valence-electron chi connectivity index (χ1n) is 14.0. The Kier molecular flexibility index (Phi) is 15.4. The van der Waals surface area contributed by atoms with Gasteiger partial charge >= 0.3 is 11.9 Å². The van der Waals surface area contributed by atoms with E-state index in [1.165, 1.54) is 38.2 Å². The highest BCUT2D eigenvalue weighted by molar-refractivity contribution is 5.91. The number of ether oxygens (including phenoxy) is 4. The Morgan fingerprint density at radius 1 is 0.737 bits per heavy atom. The predicted molar refractivity (Wildman–Crippen MR) is 151 cm³/mol. The standard InChI is InChI=1S/C32H44O6/c1-4-6-24-35-29-20-22-30(23-21-29)38-32(34)27-16-18-28(19-17-27)36-25-14-12-10-8-7-9-11-13-15-26(3)37-31(33)5-2/h5,16-23,26H,2,4,6-15,24-25H2,1,3H3. The van der Waals surface area contributed by atoms with Crippen LogP contribution in [0.5, 0.6) is 17.2 Å². The highest BCUT2D eigenvalue weighted by Crippen LogP contribution is 2.20. The second-order valence-corrected chi connectivity index (χ2v) is 9.50. The molecule has 0 aliphatic rings. The maximum absolute atomic E-state index is 12.4. The summed E-state index contributed by atoms with van der Waals surface area (Å²) in [5.74, 6) is 1.26. The van der Waals surface area contributed by atoms with Crippen LogP contribution in [-0.2, 0) is 9.53 Å². The highest BCUT2D eigenvalue weighted by atomic mass is 16.5. The monoisotopic (exact) mass is 524 g/mol. The minimum absolute atomic E-state index is 0.0377. The van der Waals surface area contributed by atoms with Gasteiger partial charge in [-0.05, 0) is 81.1 Å². The minimum atomic E-state index is -0.401. The maximum atomic E-state index is 12.4. The van der Waals surface area contributed by atoms with Crippen molar-refractivity contribution in [2.45, 2.75) is 90.6 Å². The van der Waals surface area contributed by atoms with E-state index in [0.717, 1.165) is 50.0 Å². The van der Waals surface area contributed by atoms with Gasteiger partial charge in [0.25, 0.3) is 0 Å². The largest absolute Gasteiger partial charge is 0.494 e. The Hall–Kier alpha value is -3.28. The molecular formula is C32H44O6. The van der Waals surface area contributed by atoms with Crippen molar-refractivity contribution in [1.29, 1.82) is 0 Å². The van der Waals surface area contributed by atoms with Crippen LogP contribution in [0.15, 0.2) is 61.2 Å². The van der Waals surface area contributed by atoms with Gasteiger partial charge in [-0.1, -0.05) is 58.4 Å². The van der Waals surface area contributed by atoms with Crippen molar-refractivity contribution in [2.24, 2.45) is 0 Å². The number of unbranched alkanes of at least 4 members (excludes halogenated alkanes) is 8. The normalized spacial score (nSPS) is 11.4. The molecule has 0 fully saturated rings. The van der Waals surface area contributed by atoms with Crippen LogP contribution in [0, 0.1) is 0 Å². The first kappa shape index (κ1) is 30.9. The zero-order valence-corrected chi connectivity index (χ0v) is 23.1. The van der Waals surface area contributed by atoms with Gasteiger partial charge in [0.15, 0.2) is 0 Å². The molecule has 2 rings (SSSR count). The van der Waals surface area contributed by atoms with Crippen molar-refractivity contribution in [3.63, 3.8) is 0 Å². The van der Waals surface area contributed by atoms with Crippen LogP contribution in [0.2, 0.25) is 0 Å². The zero-order chi connectivity index (χ0) is 27.4. The zero-order valence-electron chi connectivity index (χ0n) is 23.1. The van der Waals surface area contributed by atoms with Crippen LogP contribution < -0.4 is 14.2 Å². The molecule has 0 amide bonds. The summed E-state index contributed by atoms with van der Waals surface area (Å²) in [7, 11) is 0. The van der Waals surface area contributed by atoms with E-state index >= 15 is 0 Å². The molecular weight excluding hydrogens is 480 g/mol. The van der Waals surface area contributed by atoms with E-state index in [2.05, 4.69) is 13.5 Å². The first-order valence-corrected chi connectivity index (χ1v) is 14.0. The summed E-state index contributed by atoms with van der Waals surface area (Å²) in [6.45, 7) is 8.81. The molecule has 0 aliphatic heterocycles. The number of benzene rings is 2. The second kappa shape index (κ2) is 18.9. The van der Waals surface area contributed by atoms with E-state index in [9.17, 15) is 9.59 Å². The number of carbonyl (C=O) groups is 2. The third-order valence-corrected chi connectivity index (χ3v) is 6.15. The molecule has 208 valence electrons. The van der Waals surface area contributed by atoms with Crippen molar-refractivity contribution < 1.29 is 28.5 Å². The summed E-state index contributed by atoms with van der Waals surface area (Å²) < 4.78 is 22.1. The molecule has 1 unspecified atom stereocenters. The molecule has 0 aliphatic carbocycles. The molecule has 1 atom stereocenters. The smallest absolute Gasteiger partial charge is 0.343 e. The minimum Gasteiger partial charge on any atom is -0.494 e. The molecule has 0 heterocycles. The molecule has 0 saturated carbocycles. The molecule has 0 radical (unpaired) electrons. The Labute approximate surface area is 228 Å². The SMILES string of the molecule is C=CC(=O)OC(C)CCCCCCCCCCOc1ccc(C(=O)Oc2ccc(OCCCC)cc2)cc1. The third-order valence-electron chi connectivity index (χ3n) is 6.15. The van der Waals surface area contributed by atoms with Crippen molar-refractivity contribution >= 4 is 11.9 Å². The van der Waals surface area contributed by atoms with E-state index in [1.807, 2.05) is 19.1 Å². The highest BCUT2D eigenvalue weighted by Gasteiger charge is 2.09. The van der Waals surface area contributed by atoms with Crippen LogP contribution in [0.4, 0.5) is 0 Å². The Bertz CT molecular complexity index is 935. The lowest BCUT2D eigenvalue weighted by atomic mass is 10.1. The summed E-state index contributed by atoms with van der Waals surface area (Å²) in [6, 6.07) is 14.2. The van der Waals surface area contributed by atoms with Crippen molar-refractivity contribution in [3.8, 4) is 17.2 Å². The average Bonchev–Trinajstić information content (AvgIpc) is 2.93. The van der Waals surface area contributed by atoms with Crippen LogP contribution >= 0.6 is 0 Å². The van der Waals surface area contributed by atoms with Gasteiger partial charge in [-0.3, -0.25) is 0 Å². The van der Waals surface area contributed by atoms with Gasteiger partial charge in [0.1, 0.15) is 17.2 Å².